The van der Waals surface area contributed by atoms with Crippen LogP contribution in [-0.4, -0.2) is 20.5 Å². The van der Waals surface area contributed by atoms with Gasteiger partial charge in [-0.25, -0.2) is 0 Å². The summed E-state index contributed by atoms with van der Waals surface area (Å²) in [7, 11) is 3.04. The zero-order valence-electron chi connectivity index (χ0n) is 8.44. The number of aldehydes is 1. The van der Waals surface area contributed by atoms with Crippen LogP contribution in [0.2, 0.25) is 0 Å². The van der Waals surface area contributed by atoms with E-state index >= 15 is 0 Å². The van der Waals surface area contributed by atoms with Crippen LogP contribution < -0.4 is 9.47 Å². The molecule has 1 aromatic carbocycles. The van der Waals surface area contributed by atoms with Gasteiger partial charge in [0.1, 0.15) is 5.75 Å². The fraction of sp³-hybridized carbons (Fsp3) is 0.182. The second kappa shape index (κ2) is 3.65. The standard InChI is InChI=1S/C11H10O4/c1-13-9-5-7(6-12)10(14-2)8-3-4-15-11(8)9/h3-6H,1-2H3. The number of benzene rings is 1. The normalized spacial score (nSPS) is 10.3. The highest BCUT2D eigenvalue weighted by molar-refractivity contribution is 5.97. The Morgan fingerprint density at radius 1 is 1.33 bits per heavy atom. The van der Waals surface area contributed by atoms with Gasteiger partial charge >= 0.3 is 0 Å². The lowest BCUT2D eigenvalue weighted by molar-refractivity contribution is 0.112. The molecule has 0 amide bonds. The summed E-state index contributed by atoms with van der Waals surface area (Å²) in [5.41, 5.74) is 1.03. The minimum atomic E-state index is 0.447. The molecular formula is C11H10O4. The van der Waals surface area contributed by atoms with Crippen molar-refractivity contribution in [3.05, 3.63) is 24.0 Å². The first-order valence-corrected chi connectivity index (χ1v) is 4.39. The summed E-state index contributed by atoms with van der Waals surface area (Å²) in [6, 6.07) is 3.33. The third-order valence-corrected chi connectivity index (χ3v) is 2.23. The second-order valence-corrected chi connectivity index (χ2v) is 2.98. The van der Waals surface area contributed by atoms with Crippen LogP contribution in [0, 0.1) is 0 Å². The van der Waals surface area contributed by atoms with E-state index in [-0.39, 0.29) is 0 Å². The van der Waals surface area contributed by atoms with Crippen LogP contribution in [0.15, 0.2) is 22.8 Å². The summed E-state index contributed by atoms with van der Waals surface area (Å²) >= 11 is 0. The summed E-state index contributed by atoms with van der Waals surface area (Å²) in [6.45, 7) is 0. The van der Waals surface area contributed by atoms with Crippen LogP contribution in [-0.2, 0) is 0 Å². The molecule has 0 atom stereocenters. The minimum Gasteiger partial charge on any atom is -0.495 e. The predicted octanol–water partition coefficient (Wildman–Crippen LogP) is 2.26. The van der Waals surface area contributed by atoms with Crippen molar-refractivity contribution in [3.63, 3.8) is 0 Å². The first-order valence-electron chi connectivity index (χ1n) is 4.39. The highest BCUT2D eigenvalue weighted by atomic mass is 16.5. The van der Waals surface area contributed by atoms with Crippen LogP contribution in [0.1, 0.15) is 10.4 Å². The molecule has 78 valence electrons. The Labute approximate surface area is 86.4 Å². The summed E-state index contributed by atoms with van der Waals surface area (Å²) in [6.07, 6.45) is 2.26. The van der Waals surface area contributed by atoms with Crippen LogP contribution in [0.3, 0.4) is 0 Å². The van der Waals surface area contributed by atoms with Crippen molar-refractivity contribution in [1.82, 2.24) is 0 Å². The Balaban J connectivity index is 2.84. The Hall–Kier alpha value is -1.97. The van der Waals surface area contributed by atoms with Crippen LogP contribution in [0.25, 0.3) is 11.0 Å². The maximum Gasteiger partial charge on any atom is 0.179 e. The number of furan rings is 1. The van der Waals surface area contributed by atoms with Gasteiger partial charge in [0.25, 0.3) is 0 Å². The van der Waals surface area contributed by atoms with E-state index in [0.29, 0.717) is 22.6 Å². The van der Waals surface area contributed by atoms with Gasteiger partial charge in [-0.15, -0.1) is 0 Å². The smallest absolute Gasteiger partial charge is 0.179 e. The maximum atomic E-state index is 10.9. The molecule has 0 aliphatic rings. The molecule has 0 unspecified atom stereocenters. The average molecular weight is 206 g/mol. The molecule has 4 nitrogen and oxygen atoms in total. The quantitative estimate of drug-likeness (QED) is 0.723. The molecule has 0 saturated heterocycles. The highest BCUT2D eigenvalue weighted by Gasteiger charge is 2.14. The molecule has 0 aliphatic carbocycles. The molecule has 0 bridgehead atoms. The van der Waals surface area contributed by atoms with Gasteiger partial charge in [-0.3, -0.25) is 4.79 Å². The topological polar surface area (TPSA) is 48.7 Å². The van der Waals surface area contributed by atoms with Crippen molar-refractivity contribution in [2.75, 3.05) is 14.2 Å². The Kier molecular flexibility index (Phi) is 2.33. The lowest BCUT2D eigenvalue weighted by atomic mass is 10.1. The Morgan fingerprint density at radius 3 is 2.73 bits per heavy atom. The molecule has 2 rings (SSSR count). The van der Waals surface area contributed by atoms with E-state index in [1.807, 2.05) is 0 Å². The molecule has 0 saturated carbocycles. The van der Waals surface area contributed by atoms with Gasteiger partial charge in [-0.05, 0) is 12.1 Å². The fourth-order valence-corrected chi connectivity index (χ4v) is 1.57. The van der Waals surface area contributed by atoms with E-state index in [9.17, 15) is 4.79 Å². The van der Waals surface area contributed by atoms with Crippen LogP contribution in [0.5, 0.6) is 11.5 Å². The molecule has 1 aromatic heterocycles. The van der Waals surface area contributed by atoms with E-state index < -0.39 is 0 Å². The number of rotatable bonds is 3. The van der Waals surface area contributed by atoms with E-state index in [2.05, 4.69) is 0 Å². The molecule has 0 fully saturated rings. The van der Waals surface area contributed by atoms with Crippen LogP contribution >= 0.6 is 0 Å². The SMILES string of the molecule is COc1c(C=O)cc(OC)c2occc12. The molecule has 0 aliphatic heterocycles. The van der Waals surface area contributed by atoms with E-state index in [4.69, 9.17) is 13.9 Å². The van der Waals surface area contributed by atoms with E-state index in [1.165, 1.54) is 20.5 Å². The number of methoxy groups -OCH3 is 2. The number of hydrogen-bond acceptors (Lipinski definition) is 4. The van der Waals surface area contributed by atoms with E-state index in [1.54, 1.807) is 12.1 Å². The summed E-state index contributed by atoms with van der Waals surface area (Å²) in [4.78, 5) is 10.9. The van der Waals surface area contributed by atoms with Crippen LogP contribution in [0.4, 0.5) is 0 Å². The van der Waals surface area contributed by atoms with Gasteiger partial charge in [-0.1, -0.05) is 0 Å². The molecule has 0 radical (unpaired) electrons. The van der Waals surface area contributed by atoms with Crippen molar-refractivity contribution in [2.45, 2.75) is 0 Å². The summed E-state index contributed by atoms with van der Waals surface area (Å²) < 4.78 is 15.5. The van der Waals surface area contributed by atoms with Crippen molar-refractivity contribution in [2.24, 2.45) is 0 Å². The monoisotopic (exact) mass is 206 g/mol. The predicted molar refractivity (Wildman–Crippen MR) is 54.7 cm³/mol. The lowest BCUT2D eigenvalue weighted by Crippen LogP contribution is -1.93. The van der Waals surface area contributed by atoms with Gasteiger partial charge in [0.2, 0.25) is 0 Å². The number of ether oxygens (including phenoxy) is 2. The van der Waals surface area contributed by atoms with Gasteiger partial charge in [0.15, 0.2) is 17.6 Å². The lowest BCUT2D eigenvalue weighted by Gasteiger charge is -2.07. The largest absolute Gasteiger partial charge is 0.495 e. The minimum absolute atomic E-state index is 0.447. The highest BCUT2D eigenvalue weighted by Crippen LogP contribution is 2.36. The fourth-order valence-electron chi connectivity index (χ4n) is 1.57. The Bertz CT molecular complexity index is 499. The number of carbonyl (C=O) groups excluding carboxylic acids is 1. The zero-order valence-corrected chi connectivity index (χ0v) is 8.44. The second-order valence-electron chi connectivity index (χ2n) is 2.98. The molecule has 2 aromatic rings. The molecule has 0 spiro atoms. The molecule has 1 heterocycles. The summed E-state index contributed by atoms with van der Waals surface area (Å²) in [5.74, 6) is 1.03. The maximum absolute atomic E-state index is 10.9. The van der Waals surface area contributed by atoms with Gasteiger partial charge < -0.3 is 13.9 Å². The van der Waals surface area contributed by atoms with Crippen molar-refractivity contribution in [1.29, 1.82) is 0 Å². The van der Waals surface area contributed by atoms with Crippen molar-refractivity contribution >= 4 is 17.3 Å². The Morgan fingerprint density at radius 2 is 2.13 bits per heavy atom. The van der Waals surface area contributed by atoms with Gasteiger partial charge in [0.05, 0.1) is 31.4 Å². The van der Waals surface area contributed by atoms with Crippen molar-refractivity contribution < 1.29 is 18.7 Å². The van der Waals surface area contributed by atoms with Gasteiger partial charge in [-0.2, -0.15) is 0 Å². The van der Waals surface area contributed by atoms with Gasteiger partial charge in [0, 0.05) is 0 Å². The first kappa shape index (κ1) is 9.58. The third kappa shape index (κ3) is 1.34. The zero-order chi connectivity index (χ0) is 10.8. The number of fused-ring (bicyclic) bond motifs is 1. The molecule has 4 heteroatoms. The van der Waals surface area contributed by atoms with Crippen molar-refractivity contribution in [3.8, 4) is 11.5 Å². The third-order valence-electron chi connectivity index (χ3n) is 2.23. The molecule has 0 N–H and O–H groups in total. The molecule has 15 heavy (non-hydrogen) atoms. The number of carbonyl (C=O) groups is 1. The first-order chi connectivity index (χ1) is 7.31. The molecular weight excluding hydrogens is 196 g/mol. The summed E-state index contributed by atoms with van der Waals surface area (Å²) in [5, 5.41) is 0.735. The van der Waals surface area contributed by atoms with E-state index in [0.717, 1.165) is 11.7 Å². The number of hydrogen-bond donors (Lipinski definition) is 0. The average Bonchev–Trinajstić information content (AvgIpc) is 2.75.